The third kappa shape index (κ3) is 20.3. The quantitative estimate of drug-likeness (QED) is 0.0210. The van der Waals surface area contributed by atoms with Crippen LogP contribution in [0.5, 0.6) is 23.0 Å². The standard InChI is InChI=1S/C60H86N14O17/c1-37(2)54(67-50(75)13-20-86-24-26-88-22-15-65-69-61)56(79)63-33-52(77)73-36-40-28-39(5)35-72(40)59(82)41-29-46(84-6)48(31-44(41)73)90-18-9-8-10-19-91-49-32-45-42(30-47(49)85-7)58(81)71-17-11-12-43(71)60(83)74(45)53(78)34-64-57(80)55(38(3)4)68-51(76)14-21-87-25-27-89-23-16-66-70-62/h29-32,37-38,40,43,54-55,60,83H,5,8-28,33-36H2,1-4,6-7H3,(H,63,79)(H,64,80)(H,67,75)(H,68,76)/t40-,43-,54-,55-,60-/m0/s1. The Morgan fingerprint density at radius 2 is 1.13 bits per heavy atom. The zero-order valence-electron chi connectivity index (χ0n) is 52.7. The van der Waals surface area contributed by atoms with Crippen molar-refractivity contribution in [3.8, 4) is 23.0 Å². The Balaban J connectivity index is 1.06. The van der Waals surface area contributed by atoms with Gasteiger partial charge in [0.2, 0.25) is 35.4 Å². The number of methoxy groups -OCH3 is 2. The molecule has 498 valence electrons. The summed E-state index contributed by atoms with van der Waals surface area (Å²) in [5.41, 5.74) is 18.1. The summed E-state index contributed by atoms with van der Waals surface area (Å²) in [5.74, 6) is -3.92. The van der Waals surface area contributed by atoms with Crippen LogP contribution in [0.3, 0.4) is 0 Å². The predicted molar refractivity (Wildman–Crippen MR) is 329 cm³/mol. The highest BCUT2D eigenvalue weighted by Crippen LogP contribution is 2.43. The van der Waals surface area contributed by atoms with Crippen molar-refractivity contribution in [2.45, 2.75) is 109 Å². The number of nitrogens with zero attached hydrogens (tertiary/aromatic N) is 10. The molecule has 91 heavy (non-hydrogen) atoms. The smallest absolute Gasteiger partial charge is 0.256 e. The van der Waals surface area contributed by atoms with Crippen LogP contribution in [-0.2, 0) is 47.7 Å². The lowest BCUT2D eigenvalue weighted by atomic mass is 10.0. The van der Waals surface area contributed by atoms with Gasteiger partial charge in [0.25, 0.3) is 11.8 Å². The van der Waals surface area contributed by atoms with Gasteiger partial charge in [-0.3, -0.25) is 43.3 Å². The molecule has 0 unspecified atom stereocenters. The van der Waals surface area contributed by atoms with Crippen LogP contribution in [0.25, 0.3) is 20.9 Å². The number of ether oxygens (including phenoxy) is 8. The van der Waals surface area contributed by atoms with Crippen LogP contribution in [0.15, 0.2) is 46.6 Å². The molecule has 2 aromatic carbocycles. The molecule has 0 saturated carbocycles. The summed E-state index contributed by atoms with van der Waals surface area (Å²) in [6, 6.07) is 2.92. The van der Waals surface area contributed by atoms with Crippen LogP contribution < -0.4 is 50.0 Å². The number of rotatable bonds is 38. The van der Waals surface area contributed by atoms with Crippen LogP contribution in [0.1, 0.15) is 99.8 Å². The van der Waals surface area contributed by atoms with E-state index in [0.29, 0.717) is 51.6 Å². The lowest BCUT2D eigenvalue weighted by Gasteiger charge is -2.32. The summed E-state index contributed by atoms with van der Waals surface area (Å²) in [6.45, 7) is 13.0. The molecule has 5 N–H and O–H groups in total. The van der Waals surface area contributed by atoms with E-state index in [1.54, 1.807) is 38.7 Å². The lowest BCUT2D eigenvalue weighted by Crippen LogP contribution is -2.55. The zero-order chi connectivity index (χ0) is 66.0. The molecule has 2 fully saturated rings. The fraction of sp³-hybridized carbons (Fsp3) is 0.633. The monoisotopic (exact) mass is 1270 g/mol. The van der Waals surface area contributed by atoms with Gasteiger partial charge >= 0.3 is 0 Å². The molecule has 0 spiro atoms. The molecule has 0 radical (unpaired) electrons. The largest absolute Gasteiger partial charge is 0.493 e. The number of hydrogen-bond acceptors (Lipinski definition) is 19. The van der Waals surface area contributed by atoms with Gasteiger partial charge in [-0.15, -0.1) is 0 Å². The average molecular weight is 1280 g/mol. The van der Waals surface area contributed by atoms with Crippen molar-refractivity contribution in [1.82, 2.24) is 31.1 Å². The van der Waals surface area contributed by atoms with E-state index in [2.05, 4.69) is 47.9 Å². The molecule has 5 atom stereocenters. The maximum atomic E-state index is 14.3. The number of nitrogens with one attached hydrogen (secondary N) is 4. The Hall–Kier alpha value is -8.44. The van der Waals surface area contributed by atoms with E-state index >= 15 is 0 Å². The maximum absolute atomic E-state index is 14.3. The first-order valence-electron chi connectivity index (χ1n) is 30.6. The zero-order valence-corrected chi connectivity index (χ0v) is 52.7. The Kier molecular flexibility index (Phi) is 28.7. The number of aliphatic hydroxyl groups excluding tert-OH is 1. The van der Waals surface area contributed by atoms with Crippen molar-refractivity contribution in [1.29, 1.82) is 0 Å². The van der Waals surface area contributed by atoms with Crippen molar-refractivity contribution in [2.24, 2.45) is 22.1 Å². The SMILES string of the molecule is C=C1C[C@H]2CN(C(=O)CNC(=O)[C@@H](NC(=O)CCOCCOCCN=[N+]=[N-])C(C)C)c3cc(OCCCCCOc4cc5c(cc4OC)C(=O)N4CCC[C@H]4[C@H](O)N5C(=O)CNC(=O)[C@@H](NC(=O)CCOCCOCCN=[N+]=[N-])C(C)C)c(OC)cc3C(=O)N2C1. The van der Waals surface area contributed by atoms with Crippen molar-refractivity contribution >= 4 is 58.6 Å². The number of carbonyl (C=O) groups is 8. The van der Waals surface area contributed by atoms with E-state index in [0.717, 1.165) is 10.5 Å². The molecule has 0 bridgehead atoms. The number of unbranched alkanes of at least 4 members (excludes halogenated alkanes) is 2. The molecule has 31 heteroatoms. The lowest BCUT2D eigenvalue weighted by molar-refractivity contribution is -0.131. The highest BCUT2D eigenvalue weighted by molar-refractivity contribution is 6.09. The second-order valence-corrected chi connectivity index (χ2v) is 22.6. The first kappa shape index (κ1) is 71.6. The van der Waals surface area contributed by atoms with Gasteiger partial charge < -0.3 is 79.0 Å². The third-order valence-corrected chi connectivity index (χ3v) is 15.5. The molecule has 0 aliphatic carbocycles. The number of carbonyl (C=O) groups excluding carboxylic acids is 8. The van der Waals surface area contributed by atoms with Crippen molar-refractivity contribution in [3.63, 3.8) is 0 Å². The molecule has 2 aromatic rings. The number of fused-ring (bicyclic) bond motifs is 4. The van der Waals surface area contributed by atoms with E-state index in [4.69, 9.17) is 49.0 Å². The van der Waals surface area contributed by atoms with Crippen LogP contribution in [0, 0.1) is 11.8 Å². The number of benzene rings is 2. The fourth-order valence-electron chi connectivity index (χ4n) is 10.8. The molecule has 2 saturated heterocycles. The van der Waals surface area contributed by atoms with Crippen molar-refractivity contribution in [3.05, 3.63) is 68.4 Å². The van der Waals surface area contributed by atoms with Gasteiger partial charge in [-0.1, -0.05) is 50.1 Å². The molecule has 8 amide bonds. The number of hydrogen-bond donors (Lipinski definition) is 5. The minimum Gasteiger partial charge on any atom is -0.493 e. The summed E-state index contributed by atoms with van der Waals surface area (Å²) in [6.07, 6.45) is 1.46. The second-order valence-electron chi connectivity index (χ2n) is 22.6. The van der Waals surface area contributed by atoms with Crippen LogP contribution in [0.2, 0.25) is 0 Å². The molecular weight excluding hydrogens is 1190 g/mol. The van der Waals surface area contributed by atoms with Gasteiger partial charge in [0.1, 0.15) is 12.1 Å². The summed E-state index contributed by atoms with van der Waals surface area (Å²) in [5, 5.41) is 29.4. The van der Waals surface area contributed by atoms with Crippen LogP contribution >= 0.6 is 0 Å². The second kappa shape index (κ2) is 36.4. The number of azide groups is 2. The molecule has 0 aromatic heterocycles. The van der Waals surface area contributed by atoms with Crippen molar-refractivity contribution < 1.29 is 81.4 Å². The summed E-state index contributed by atoms with van der Waals surface area (Å²) < 4.78 is 45.4. The van der Waals surface area contributed by atoms with E-state index in [1.807, 2.05) is 0 Å². The van der Waals surface area contributed by atoms with Gasteiger partial charge in [-0.2, -0.15) is 0 Å². The number of amides is 8. The van der Waals surface area contributed by atoms with E-state index in [-0.39, 0.29) is 162 Å². The topological polar surface area (TPSA) is 389 Å². The Labute approximate surface area is 528 Å². The molecule has 4 aliphatic heterocycles. The molecule has 4 aliphatic rings. The van der Waals surface area contributed by atoms with E-state index < -0.39 is 84.8 Å². The van der Waals surface area contributed by atoms with Gasteiger partial charge in [0, 0.05) is 67.5 Å². The van der Waals surface area contributed by atoms with Gasteiger partial charge in [0.15, 0.2) is 29.2 Å². The fourth-order valence-corrected chi connectivity index (χ4v) is 10.8. The highest BCUT2D eigenvalue weighted by Gasteiger charge is 2.45. The number of anilines is 2. The first-order chi connectivity index (χ1) is 43.8. The minimum absolute atomic E-state index is 0.0338. The third-order valence-electron chi connectivity index (χ3n) is 15.5. The average Bonchev–Trinajstić information content (AvgIpc) is 1.66. The van der Waals surface area contributed by atoms with Crippen LogP contribution in [0.4, 0.5) is 11.4 Å². The molecule has 4 heterocycles. The summed E-state index contributed by atoms with van der Waals surface area (Å²) in [4.78, 5) is 121. The van der Waals surface area contributed by atoms with E-state index in [1.165, 1.54) is 42.2 Å². The normalized spacial score (nSPS) is 17.3. The minimum atomic E-state index is -1.49. The molecular formula is C60H86N14O17. The van der Waals surface area contributed by atoms with Gasteiger partial charge in [-0.05, 0) is 73.6 Å². The highest BCUT2D eigenvalue weighted by atomic mass is 16.5. The summed E-state index contributed by atoms with van der Waals surface area (Å²) in [7, 11) is 2.85. The van der Waals surface area contributed by atoms with E-state index in [9.17, 15) is 43.5 Å². The van der Waals surface area contributed by atoms with Crippen LogP contribution in [-0.4, -0.2) is 219 Å². The maximum Gasteiger partial charge on any atom is 0.256 e. The summed E-state index contributed by atoms with van der Waals surface area (Å²) >= 11 is 0. The number of aliphatic hydroxyl groups is 1. The molecule has 31 nitrogen and oxygen atoms in total. The van der Waals surface area contributed by atoms with Crippen molar-refractivity contribution in [2.75, 3.05) is 136 Å². The Bertz CT molecular complexity index is 2990. The van der Waals surface area contributed by atoms with Gasteiger partial charge in [0.05, 0.1) is 128 Å². The predicted octanol–water partition coefficient (Wildman–Crippen LogP) is 3.70. The molecule has 6 rings (SSSR count). The Morgan fingerprint density at radius 1 is 0.648 bits per heavy atom. The van der Waals surface area contributed by atoms with Gasteiger partial charge in [-0.25, -0.2) is 0 Å². The first-order valence-corrected chi connectivity index (χ1v) is 30.6. The Morgan fingerprint density at radius 3 is 1.64 bits per heavy atom.